The topological polar surface area (TPSA) is 68.2 Å². The van der Waals surface area contributed by atoms with Gasteiger partial charge in [-0.1, -0.05) is 25.9 Å². The minimum atomic E-state index is -0.197. The highest BCUT2D eigenvalue weighted by Crippen LogP contribution is 2.35. The van der Waals surface area contributed by atoms with E-state index in [1.54, 1.807) is 0 Å². The minimum Gasteiger partial charge on any atom is -0.406 e. The van der Waals surface area contributed by atoms with Gasteiger partial charge in [-0.05, 0) is 24.7 Å². The van der Waals surface area contributed by atoms with Crippen LogP contribution in [0.2, 0.25) is 0 Å². The van der Waals surface area contributed by atoms with Gasteiger partial charge in [0.25, 0.3) is 0 Å². The van der Waals surface area contributed by atoms with Crippen LogP contribution < -0.4 is 10.6 Å². The molecular weight excluding hydrogens is 216 g/mol. The molecule has 17 heavy (non-hydrogen) atoms. The number of hydrogen-bond donors (Lipinski definition) is 1. The smallest absolute Gasteiger partial charge is 0.318 e. The van der Waals surface area contributed by atoms with Gasteiger partial charge in [0.2, 0.25) is 5.89 Å². The fourth-order valence-electron chi connectivity index (χ4n) is 2.18. The highest BCUT2D eigenvalue weighted by molar-refractivity contribution is 5.27. The summed E-state index contributed by atoms with van der Waals surface area (Å²) in [5.74, 6) is 1.19. The lowest BCUT2D eigenvalue weighted by Gasteiger charge is -2.26. The first-order valence-corrected chi connectivity index (χ1v) is 6.22. The summed E-state index contributed by atoms with van der Waals surface area (Å²) in [7, 11) is 0. The highest BCUT2D eigenvalue weighted by Gasteiger charge is 2.33. The average Bonchev–Trinajstić information content (AvgIpc) is 2.85. The van der Waals surface area contributed by atoms with E-state index in [-0.39, 0.29) is 6.04 Å². The van der Waals surface area contributed by atoms with Crippen molar-refractivity contribution < 1.29 is 4.42 Å². The molecule has 1 aromatic heterocycles. The molecule has 2 unspecified atom stereocenters. The Morgan fingerprint density at radius 3 is 2.59 bits per heavy atom. The van der Waals surface area contributed by atoms with Crippen molar-refractivity contribution in [2.45, 2.75) is 40.2 Å². The van der Waals surface area contributed by atoms with Gasteiger partial charge in [0.1, 0.15) is 0 Å². The van der Waals surface area contributed by atoms with E-state index >= 15 is 0 Å². The van der Waals surface area contributed by atoms with Gasteiger partial charge in [-0.25, -0.2) is 0 Å². The van der Waals surface area contributed by atoms with Crippen LogP contribution in [0.15, 0.2) is 4.42 Å². The van der Waals surface area contributed by atoms with E-state index < -0.39 is 0 Å². The molecule has 2 heterocycles. The Morgan fingerprint density at radius 1 is 1.41 bits per heavy atom. The molecule has 2 rings (SSSR count). The van der Waals surface area contributed by atoms with Gasteiger partial charge < -0.3 is 15.1 Å². The maximum atomic E-state index is 5.71. The zero-order valence-corrected chi connectivity index (χ0v) is 11.1. The van der Waals surface area contributed by atoms with Crippen LogP contribution in [0.1, 0.15) is 46.0 Å². The standard InChI is InChI=1S/C12H22N4O/c1-8(13)10-14-15-11(17-10)16-6-5-9(7-16)12(2,3)4/h8-9H,5-7,13H2,1-4H3. The first-order chi connectivity index (χ1) is 7.88. The fourth-order valence-corrected chi connectivity index (χ4v) is 2.18. The zero-order chi connectivity index (χ0) is 12.6. The van der Waals surface area contributed by atoms with E-state index in [0.29, 0.717) is 23.2 Å². The molecule has 5 heteroatoms. The van der Waals surface area contributed by atoms with E-state index in [1.807, 2.05) is 6.92 Å². The van der Waals surface area contributed by atoms with Gasteiger partial charge >= 0.3 is 6.01 Å². The molecule has 1 aliphatic heterocycles. The zero-order valence-electron chi connectivity index (χ0n) is 11.1. The first kappa shape index (κ1) is 12.4. The lowest BCUT2D eigenvalue weighted by atomic mass is 9.80. The number of anilines is 1. The summed E-state index contributed by atoms with van der Waals surface area (Å²) in [5, 5.41) is 8.03. The SMILES string of the molecule is CC(N)c1nnc(N2CCC(C(C)(C)C)C2)o1. The van der Waals surface area contributed by atoms with Crippen molar-refractivity contribution in [3.63, 3.8) is 0 Å². The molecule has 1 aromatic rings. The third kappa shape index (κ3) is 2.60. The van der Waals surface area contributed by atoms with Crippen molar-refractivity contribution in [3.8, 4) is 0 Å². The summed E-state index contributed by atoms with van der Waals surface area (Å²) in [6, 6.07) is 0.418. The van der Waals surface area contributed by atoms with Gasteiger partial charge in [-0.15, -0.1) is 5.10 Å². The Labute approximate surface area is 102 Å². The van der Waals surface area contributed by atoms with Crippen molar-refractivity contribution in [3.05, 3.63) is 5.89 Å². The molecule has 0 spiro atoms. The highest BCUT2D eigenvalue weighted by atomic mass is 16.4. The van der Waals surface area contributed by atoms with Crippen LogP contribution in [0.25, 0.3) is 0 Å². The Morgan fingerprint density at radius 2 is 2.12 bits per heavy atom. The number of aromatic nitrogens is 2. The first-order valence-electron chi connectivity index (χ1n) is 6.22. The lowest BCUT2D eigenvalue weighted by Crippen LogP contribution is -2.25. The predicted molar refractivity (Wildman–Crippen MR) is 66.7 cm³/mol. The van der Waals surface area contributed by atoms with Crippen molar-refractivity contribution in [1.82, 2.24) is 10.2 Å². The molecule has 96 valence electrons. The molecule has 1 aliphatic rings. The Hall–Kier alpha value is -1.10. The number of rotatable bonds is 2. The average molecular weight is 238 g/mol. The van der Waals surface area contributed by atoms with E-state index in [0.717, 1.165) is 13.1 Å². The molecular formula is C12H22N4O. The lowest BCUT2D eigenvalue weighted by molar-refractivity contribution is 0.263. The molecule has 2 N–H and O–H groups in total. The minimum absolute atomic E-state index is 0.197. The van der Waals surface area contributed by atoms with Gasteiger partial charge in [0, 0.05) is 13.1 Å². The summed E-state index contributed by atoms with van der Waals surface area (Å²) in [6.07, 6.45) is 1.18. The molecule has 5 nitrogen and oxygen atoms in total. The molecule has 0 aromatic carbocycles. The molecule has 0 radical (unpaired) electrons. The van der Waals surface area contributed by atoms with Gasteiger partial charge in [0.05, 0.1) is 6.04 Å². The van der Waals surface area contributed by atoms with Crippen molar-refractivity contribution in [2.75, 3.05) is 18.0 Å². The van der Waals surface area contributed by atoms with Gasteiger partial charge in [-0.2, -0.15) is 0 Å². The van der Waals surface area contributed by atoms with E-state index in [4.69, 9.17) is 10.2 Å². The molecule has 0 aliphatic carbocycles. The van der Waals surface area contributed by atoms with Crippen molar-refractivity contribution in [2.24, 2.45) is 17.1 Å². The Kier molecular flexibility index (Phi) is 3.12. The van der Waals surface area contributed by atoms with Crippen LogP contribution >= 0.6 is 0 Å². The summed E-state index contributed by atoms with van der Waals surface area (Å²) in [6.45, 7) is 10.7. The van der Waals surface area contributed by atoms with Crippen LogP contribution in [0, 0.1) is 11.3 Å². The monoisotopic (exact) mass is 238 g/mol. The van der Waals surface area contributed by atoms with Crippen molar-refractivity contribution >= 4 is 6.01 Å². The Balaban J connectivity index is 2.05. The maximum Gasteiger partial charge on any atom is 0.318 e. The Bertz CT molecular complexity index is 380. The third-order valence-electron chi connectivity index (χ3n) is 3.50. The maximum absolute atomic E-state index is 5.71. The van der Waals surface area contributed by atoms with Crippen LogP contribution in [-0.4, -0.2) is 23.3 Å². The quantitative estimate of drug-likeness (QED) is 0.853. The summed E-state index contributed by atoms with van der Waals surface area (Å²) in [4.78, 5) is 2.16. The van der Waals surface area contributed by atoms with Gasteiger partial charge in [0.15, 0.2) is 0 Å². The normalized spacial score (nSPS) is 23.1. The van der Waals surface area contributed by atoms with Gasteiger partial charge in [-0.3, -0.25) is 0 Å². The molecule has 1 fully saturated rings. The molecule has 2 atom stereocenters. The molecule has 0 saturated carbocycles. The van der Waals surface area contributed by atoms with E-state index in [2.05, 4.69) is 35.9 Å². The number of hydrogen-bond acceptors (Lipinski definition) is 5. The van der Waals surface area contributed by atoms with Crippen LogP contribution in [-0.2, 0) is 0 Å². The second-order valence-corrected chi connectivity index (χ2v) is 6.01. The summed E-state index contributed by atoms with van der Waals surface area (Å²) in [5.41, 5.74) is 6.04. The molecule has 1 saturated heterocycles. The van der Waals surface area contributed by atoms with E-state index in [9.17, 15) is 0 Å². The predicted octanol–water partition coefficient (Wildman–Crippen LogP) is 1.96. The van der Waals surface area contributed by atoms with Crippen LogP contribution in [0.4, 0.5) is 6.01 Å². The number of nitrogens with two attached hydrogens (primary N) is 1. The second kappa shape index (κ2) is 4.29. The third-order valence-corrected chi connectivity index (χ3v) is 3.50. The van der Waals surface area contributed by atoms with Crippen molar-refractivity contribution in [1.29, 1.82) is 0 Å². The van der Waals surface area contributed by atoms with E-state index in [1.165, 1.54) is 6.42 Å². The number of nitrogens with zero attached hydrogens (tertiary/aromatic N) is 3. The van der Waals surface area contributed by atoms with Crippen LogP contribution in [0.5, 0.6) is 0 Å². The summed E-state index contributed by atoms with van der Waals surface area (Å²) < 4.78 is 5.57. The molecule has 0 amide bonds. The summed E-state index contributed by atoms with van der Waals surface area (Å²) >= 11 is 0. The fraction of sp³-hybridized carbons (Fsp3) is 0.833. The van der Waals surface area contributed by atoms with Crippen LogP contribution in [0.3, 0.4) is 0 Å². The second-order valence-electron chi connectivity index (χ2n) is 6.01. The molecule has 0 bridgehead atoms. The largest absolute Gasteiger partial charge is 0.406 e.